The highest BCUT2D eigenvalue weighted by Crippen LogP contribution is 2.41. The highest BCUT2D eigenvalue weighted by molar-refractivity contribution is 6.21. The van der Waals surface area contributed by atoms with Crippen LogP contribution < -0.4 is 0 Å². The van der Waals surface area contributed by atoms with E-state index in [0.29, 0.717) is 5.92 Å². The number of fused-ring (bicyclic) bond motifs is 1. The van der Waals surface area contributed by atoms with Gasteiger partial charge in [0, 0.05) is 0 Å². The van der Waals surface area contributed by atoms with E-state index >= 15 is 0 Å². The maximum atomic E-state index is 6.78. The Morgan fingerprint density at radius 1 is 1.00 bits per heavy atom. The molecule has 0 bridgehead atoms. The van der Waals surface area contributed by atoms with Gasteiger partial charge in [0.25, 0.3) is 0 Å². The van der Waals surface area contributed by atoms with E-state index < -0.39 is 0 Å². The summed E-state index contributed by atoms with van der Waals surface area (Å²) in [5, 5.41) is 0.236. The molecule has 0 nitrogen and oxygen atoms in total. The molecule has 0 aromatic heterocycles. The Kier molecular flexibility index (Phi) is 4.17. The maximum Gasteiger partial charge on any atom is 0.0613 e. The van der Waals surface area contributed by atoms with Crippen molar-refractivity contribution in [1.82, 2.24) is 0 Å². The van der Waals surface area contributed by atoms with Crippen molar-refractivity contribution in [1.29, 1.82) is 0 Å². The van der Waals surface area contributed by atoms with Gasteiger partial charge in [-0.2, -0.15) is 0 Å². The summed E-state index contributed by atoms with van der Waals surface area (Å²) in [6.07, 6.45) is 10.6. The van der Waals surface area contributed by atoms with Gasteiger partial charge in [-0.1, -0.05) is 38.0 Å². The number of benzene rings is 1. The van der Waals surface area contributed by atoms with E-state index in [9.17, 15) is 0 Å². The molecular formula is C18H25Cl. The minimum absolute atomic E-state index is 0.236. The smallest absolute Gasteiger partial charge is 0.0613 e. The van der Waals surface area contributed by atoms with Gasteiger partial charge in [-0.15, -0.1) is 11.6 Å². The first-order chi connectivity index (χ1) is 9.24. The van der Waals surface area contributed by atoms with Gasteiger partial charge in [-0.25, -0.2) is 0 Å². The van der Waals surface area contributed by atoms with Crippen LogP contribution in [0, 0.1) is 11.8 Å². The molecule has 0 aliphatic heterocycles. The minimum atomic E-state index is 0.236. The molecule has 1 fully saturated rings. The molecule has 0 heterocycles. The fraction of sp³-hybridized carbons (Fsp3) is 0.667. The first-order valence-corrected chi connectivity index (χ1v) is 8.43. The molecule has 2 aliphatic rings. The van der Waals surface area contributed by atoms with Crippen molar-refractivity contribution in [3.63, 3.8) is 0 Å². The summed E-state index contributed by atoms with van der Waals surface area (Å²) in [4.78, 5) is 0. The lowest BCUT2D eigenvalue weighted by Gasteiger charge is -2.30. The summed E-state index contributed by atoms with van der Waals surface area (Å²) in [6, 6.07) is 7.04. The molecule has 0 saturated heterocycles. The number of aryl methyl sites for hydroxylation is 2. The normalized spacial score (nSPS) is 28.7. The van der Waals surface area contributed by atoms with Crippen LogP contribution in [-0.2, 0) is 12.8 Å². The molecule has 2 aliphatic carbocycles. The first-order valence-electron chi connectivity index (χ1n) is 8.00. The first kappa shape index (κ1) is 13.5. The standard InChI is InChI=1S/C18H25Cl/c1-13-6-8-15(9-7-13)18(19)17-11-10-14-4-2-3-5-16(14)12-17/h10-13,15,18H,2-9H2,1H3. The van der Waals surface area contributed by atoms with Crippen molar-refractivity contribution in [2.75, 3.05) is 0 Å². The zero-order valence-corrected chi connectivity index (χ0v) is 12.8. The second-order valence-corrected chi connectivity index (χ2v) is 7.13. The van der Waals surface area contributed by atoms with Crippen LogP contribution in [0.4, 0.5) is 0 Å². The average Bonchev–Trinajstić information content (AvgIpc) is 2.47. The zero-order valence-electron chi connectivity index (χ0n) is 12.0. The van der Waals surface area contributed by atoms with E-state index in [-0.39, 0.29) is 5.38 Å². The average molecular weight is 277 g/mol. The van der Waals surface area contributed by atoms with E-state index in [0.717, 1.165) is 5.92 Å². The predicted molar refractivity (Wildman–Crippen MR) is 82.8 cm³/mol. The molecule has 3 rings (SSSR count). The molecule has 1 atom stereocenters. The Bertz CT molecular complexity index is 429. The van der Waals surface area contributed by atoms with E-state index in [4.69, 9.17) is 11.6 Å². The maximum absolute atomic E-state index is 6.78. The van der Waals surface area contributed by atoms with Crippen LogP contribution in [0.2, 0.25) is 0 Å². The third-order valence-corrected chi connectivity index (χ3v) is 5.77. The van der Waals surface area contributed by atoms with Crippen LogP contribution in [0.15, 0.2) is 18.2 Å². The molecular weight excluding hydrogens is 252 g/mol. The molecule has 0 radical (unpaired) electrons. The lowest BCUT2D eigenvalue weighted by atomic mass is 9.79. The van der Waals surface area contributed by atoms with Gasteiger partial charge in [0.05, 0.1) is 5.38 Å². The van der Waals surface area contributed by atoms with E-state index in [2.05, 4.69) is 25.1 Å². The zero-order chi connectivity index (χ0) is 13.2. The number of rotatable bonds is 2. The van der Waals surface area contributed by atoms with Crippen molar-refractivity contribution in [2.45, 2.75) is 63.7 Å². The second kappa shape index (κ2) is 5.87. The third kappa shape index (κ3) is 2.99. The van der Waals surface area contributed by atoms with Crippen molar-refractivity contribution in [2.24, 2.45) is 11.8 Å². The quantitative estimate of drug-likeness (QED) is 0.610. The van der Waals surface area contributed by atoms with Crippen molar-refractivity contribution >= 4 is 11.6 Å². The Labute approximate surface area is 122 Å². The summed E-state index contributed by atoms with van der Waals surface area (Å²) in [5.74, 6) is 1.60. The number of hydrogen-bond donors (Lipinski definition) is 0. The van der Waals surface area contributed by atoms with Gasteiger partial charge in [-0.05, 0) is 67.1 Å². The minimum Gasteiger partial charge on any atom is -0.118 e. The molecule has 1 heteroatoms. The van der Waals surface area contributed by atoms with Crippen molar-refractivity contribution < 1.29 is 0 Å². The monoisotopic (exact) mass is 276 g/mol. The SMILES string of the molecule is CC1CCC(C(Cl)c2ccc3c(c2)CCCC3)CC1. The van der Waals surface area contributed by atoms with Gasteiger partial charge in [0.2, 0.25) is 0 Å². The summed E-state index contributed by atoms with van der Waals surface area (Å²) >= 11 is 6.78. The number of halogens is 1. The van der Waals surface area contributed by atoms with Crippen LogP contribution in [0.25, 0.3) is 0 Å². The van der Waals surface area contributed by atoms with Crippen LogP contribution in [0.5, 0.6) is 0 Å². The molecule has 1 saturated carbocycles. The van der Waals surface area contributed by atoms with Gasteiger partial charge < -0.3 is 0 Å². The van der Waals surface area contributed by atoms with Crippen molar-refractivity contribution in [3.05, 3.63) is 34.9 Å². The van der Waals surface area contributed by atoms with Gasteiger partial charge in [0.15, 0.2) is 0 Å². The highest BCUT2D eigenvalue weighted by atomic mass is 35.5. The Balaban J connectivity index is 1.74. The molecule has 1 aromatic carbocycles. The van der Waals surface area contributed by atoms with E-state index in [1.165, 1.54) is 56.9 Å². The third-order valence-electron chi connectivity index (χ3n) is 5.17. The molecule has 19 heavy (non-hydrogen) atoms. The molecule has 0 amide bonds. The molecule has 1 aromatic rings. The lowest BCUT2D eigenvalue weighted by Crippen LogP contribution is -2.17. The molecule has 0 N–H and O–H groups in total. The fourth-order valence-corrected chi connectivity index (χ4v) is 4.16. The summed E-state index contributed by atoms with van der Waals surface area (Å²) < 4.78 is 0. The highest BCUT2D eigenvalue weighted by Gasteiger charge is 2.26. The number of alkyl halides is 1. The Morgan fingerprint density at radius 3 is 2.42 bits per heavy atom. The largest absolute Gasteiger partial charge is 0.118 e. The topological polar surface area (TPSA) is 0 Å². The molecule has 0 spiro atoms. The van der Waals surface area contributed by atoms with E-state index in [1.807, 2.05) is 0 Å². The second-order valence-electron chi connectivity index (χ2n) is 6.66. The predicted octanol–water partition coefficient (Wildman–Crippen LogP) is 5.67. The molecule has 104 valence electrons. The van der Waals surface area contributed by atoms with Crippen LogP contribution in [0.1, 0.15) is 67.5 Å². The van der Waals surface area contributed by atoms with Crippen molar-refractivity contribution in [3.8, 4) is 0 Å². The van der Waals surface area contributed by atoms with Gasteiger partial charge >= 0.3 is 0 Å². The fourth-order valence-electron chi connectivity index (χ4n) is 3.78. The number of hydrogen-bond acceptors (Lipinski definition) is 0. The summed E-state index contributed by atoms with van der Waals surface area (Å²) in [6.45, 7) is 2.37. The van der Waals surface area contributed by atoms with Crippen LogP contribution in [0.3, 0.4) is 0 Å². The van der Waals surface area contributed by atoms with E-state index in [1.54, 1.807) is 11.1 Å². The summed E-state index contributed by atoms with van der Waals surface area (Å²) in [5.41, 5.74) is 4.51. The van der Waals surface area contributed by atoms with Crippen LogP contribution >= 0.6 is 11.6 Å². The Morgan fingerprint density at radius 2 is 1.68 bits per heavy atom. The summed E-state index contributed by atoms with van der Waals surface area (Å²) in [7, 11) is 0. The van der Waals surface area contributed by atoms with Gasteiger partial charge in [-0.3, -0.25) is 0 Å². The lowest BCUT2D eigenvalue weighted by molar-refractivity contribution is 0.283. The van der Waals surface area contributed by atoms with Crippen LogP contribution in [-0.4, -0.2) is 0 Å². The van der Waals surface area contributed by atoms with Gasteiger partial charge in [0.1, 0.15) is 0 Å². The molecule has 1 unspecified atom stereocenters. The Hall–Kier alpha value is -0.490.